The molecular formula is C6H7O5P. The average molecular weight is 190 g/mol. The van der Waals surface area contributed by atoms with Gasteiger partial charge in [-0.1, -0.05) is 11.5 Å². The molecule has 0 aromatic rings. The van der Waals surface area contributed by atoms with Crippen LogP contribution in [0.3, 0.4) is 0 Å². The summed E-state index contributed by atoms with van der Waals surface area (Å²) < 4.78 is 9.96. The molecule has 1 atom stereocenters. The van der Waals surface area contributed by atoms with Crippen LogP contribution in [-0.2, 0) is 18.9 Å². The molecule has 0 aliphatic rings. The summed E-state index contributed by atoms with van der Waals surface area (Å²) in [4.78, 5) is 41.6. The van der Waals surface area contributed by atoms with Crippen molar-refractivity contribution in [1.29, 1.82) is 0 Å². The number of hydrogen-bond acceptors (Lipinski definition) is 5. The highest BCUT2D eigenvalue weighted by Crippen LogP contribution is 2.10. The molecule has 0 spiro atoms. The highest BCUT2D eigenvalue weighted by Gasteiger charge is 2.32. The molecule has 0 aliphatic heterocycles. The summed E-state index contributed by atoms with van der Waals surface area (Å²) in [5.74, 6) is -2.38. The second-order valence-electron chi connectivity index (χ2n) is 2.06. The van der Waals surface area contributed by atoms with E-state index in [4.69, 9.17) is 0 Å². The lowest BCUT2D eigenvalue weighted by molar-refractivity contribution is -0.170. The third-order valence-corrected chi connectivity index (χ3v) is 1.63. The Morgan fingerprint density at radius 1 is 1.33 bits per heavy atom. The molecule has 0 rings (SSSR count). The molecule has 6 heteroatoms. The molecule has 0 saturated heterocycles. The van der Waals surface area contributed by atoms with Crippen LogP contribution >= 0.6 is 8.03 Å². The van der Waals surface area contributed by atoms with E-state index in [0.29, 0.717) is 6.42 Å². The van der Waals surface area contributed by atoms with Gasteiger partial charge in [0.1, 0.15) is 0 Å². The first kappa shape index (κ1) is 11.1. The van der Waals surface area contributed by atoms with E-state index in [1.165, 1.54) is 0 Å². The van der Waals surface area contributed by atoms with E-state index in [1.807, 2.05) is 0 Å². The molecule has 5 nitrogen and oxygen atoms in total. The van der Waals surface area contributed by atoms with Crippen LogP contribution in [0.1, 0.15) is 19.8 Å². The fourth-order valence-corrected chi connectivity index (χ4v) is 0.833. The highest BCUT2D eigenvalue weighted by atomic mass is 31.1. The van der Waals surface area contributed by atoms with Crippen molar-refractivity contribution in [2.24, 2.45) is 0 Å². The van der Waals surface area contributed by atoms with E-state index in [0.717, 1.165) is 0 Å². The Hall–Kier alpha value is -0.930. The molecule has 0 radical (unpaired) electrons. The number of hydrogen-bond donors (Lipinski definition) is 0. The van der Waals surface area contributed by atoms with Gasteiger partial charge < -0.3 is 4.89 Å². The average Bonchev–Trinajstić information content (AvgIpc) is 2.02. The van der Waals surface area contributed by atoms with Gasteiger partial charge in [0.05, 0.1) is 0 Å². The van der Waals surface area contributed by atoms with Crippen molar-refractivity contribution in [2.75, 3.05) is 0 Å². The first-order valence-electron chi connectivity index (χ1n) is 3.26. The zero-order valence-electron chi connectivity index (χ0n) is 6.40. The van der Waals surface area contributed by atoms with Gasteiger partial charge in [-0.05, 0) is 6.42 Å². The molecular weight excluding hydrogens is 183 g/mol. The van der Waals surface area contributed by atoms with Gasteiger partial charge in [-0.25, -0.2) is 4.79 Å². The van der Waals surface area contributed by atoms with Crippen LogP contribution in [0.25, 0.3) is 0 Å². The predicted octanol–water partition coefficient (Wildman–Crippen LogP) is -0.446. The van der Waals surface area contributed by atoms with Gasteiger partial charge >= 0.3 is 19.3 Å². The molecule has 0 bridgehead atoms. The molecule has 0 fully saturated rings. The number of Topliss-reactive ketones (excluding diaryl/α,β-unsaturated/α-hetero) is 2. The quantitative estimate of drug-likeness (QED) is 0.332. The fraction of sp³-hybridized carbons (Fsp3) is 0.500. The van der Waals surface area contributed by atoms with E-state index >= 15 is 0 Å². The SMILES string of the molecule is CCCC(=O)C(=O)C(=O)[P+](=O)[O-]. The maximum absolute atomic E-state index is 10.7. The van der Waals surface area contributed by atoms with Crippen molar-refractivity contribution < 1.29 is 23.8 Å². The van der Waals surface area contributed by atoms with E-state index in [1.54, 1.807) is 6.92 Å². The van der Waals surface area contributed by atoms with E-state index < -0.39 is 25.1 Å². The molecule has 0 N–H and O–H groups in total. The molecule has 0 saturated carbocycles. The monoisotopic (exact) mass is 190 g/mol. The third kappa shape index (κ3) is 2.98. The highest BCUT2D eigenvalue weighted by molar-refractivity contribution is 7.61. The first-order chi connectivity index (χ1) is 5.50. The van der Waals surface area contributed by atoms with Crippen LogP contribution in [0.2, 0.25) is 0 Å². The summed E-state index contributed by atoms with van der Waals surface area (Å²) in [6.07, 6.45) is 0.321. The lowest BCUT2D eigenvalue weighted by Gasteiger charge is -1.89. The maximum Gasteiger partial charge on any atom is 0.436 e. The van der Waals surface area contributed by atoms with Crippen LogP contribution in [-0.4, -0.2) is 17.1 Å². The second kappa shape index (κ2) is 4.85. The molecule has 66 valence electrons. The molecule has 0 heterocycles. The van der Waals surface area contributed by atoms with E-state index in [2.05, 4.69) is 0 Å². The summed E-state index contributed by atoms with van der Waals surface area (Å²) in [6.45, 7) is 1.65. The molecule has 1 unspecified atom stereocenters. The Kier molecular flexibility index (Phi) is 4.47. The standard InChI is InChI=1S/C6H7O5P/c1-2-3-4(7)5(8)6(9)12(10)11/h2-3H2,1H3. The van der Waals surface area contributed by atoms with Crippen molar-refractivity contribution in [3.63, 3.8) is 0 Å². The van der Waals surface area contributed by atoms with Crippen molar-refractivity contribution >= 4 is 25.1 Å². The lowest BCUT2D eigenvalue weighted by atomic mass is 10.2. The Bertz CT molecular complexity index is 244. The first-order valence-corrected chi connectivity index (χ1v) is 4.44. The summed E-state index contributed by atoms with van der Waals surface area (Å²) >= 11 is 0. The zero-order chi connectivity index (χ0) is 9.72. The minimum absolute atomic E-state index is 0.0895. The van der Waals surface area contributed by atoms with Crippen molar-refractivity contribution in [1.82, 2.24) is 0 Å². The molecule has 12 heavy (non-hydrogen) atoms. The zero-order valence-corrected chi connectivity index (χ0v) is 7.30. The van der Waals surface area contributed by atoms with Gasteiger partial charge in [0.15, 0.2) is 0 Å². The Balaban J connectivity index is 4.30. The third-order valence-electron chi connectivity index (χ3n) is 1.09. The summed E-state index contributed by atoms with van der Waals surface area (Å²) in [7, 11) is -3.45. The Morgan fingerprint density at radius 3 is 2.17 bits per heavy atom. The smallest absolute Gasteiger partial charge is 0.436 e. The summed E-state index contributed by atoms with van der Waals surface area (Å²) in [6, 6.07) is 0. The molecule has 0 aliphatic carbocycles. The topological polar surface area (TPSA) is 91.3 Å². The minimum atomic E-state index is -3.45. The predicted molar refractivity (Wildman–Crippen MR) is 37.5 cm³/mol. The maximum atomic E-state index is 10.7. The number of ketones is 2. The van der Waals surface area contributed by atoms with Crippen LogP contribution in [0, 0.1) is 0 Å². The Morgan fingerprint density at radius 2 is 1.83 bits per heavy atom. The van der Waals surface area contributed by atoms with Crippen LogP contribution in [0.5, 0.6) is 0 Å². The van der Waals surface area contributed by atoms with Crippen molar-refractivity contribution in [3.05, 3.63) is 0 Å². The number of rotatable bonds is 5. The van der Waals surface area contributed by atoms with E-state index in [-0.39, 0.29) is 6.42 Å². The van der Waals surface area contributed by atoms with Gasteiger partial charge in [0.25, 0.3) is 0 Å². The normalized spacial score (nSPS) is 10.7. The molecule has 0 amide bonds. The number of carbonyl (C=O) groups excluding carboxylic acids is 3. The van der Waals surface area contributed by atoms with Gasteiger partial charge in [-0.15, -0.1) is 0 Å². The minimum Gasteiger partial charge on any atom is -0.588 e. The van der Waals surface area contributed by atoms with Crippen LogP contribution < -0.4 is 4.89 Å². The Labute approximate surface area is 69.6 Å². The van der Waals surface area contributed by atoms with E-state index in [9.17, 15) is 23.8 Å². The molecule has 0 aromatic heterocycles. The number of carbonyl (C=O) groups is 3. The van der Waals surface area contributed by atoms with Gasteiger partial charge in [-0.2, -0.15) is 0 Å². The van der Waals surface area contributed by atoms with Gasteiger partial charge in [0, 0.05) is 6.42 Å². The molecule has 0 aromatic carbocycles. The van der Waals surface area contributed by atoms with Crippen molar-refractivity contribution in [2.45, 2.75) is 19.8 Å². The van der Waals surface area contributed by atoms with Gasteiger partial charge in [-0.3, -0.25) is 9.59 Å². The largest absolute Gasteiger partial charge is 0.588 e. The lowest BCUT2D eigenvalue weighted by Crippen LogP contribution is -2.22. The van der Waals surface area contributed by atoms with Crippen LogP contribution in [0.4, 0.5) is 0 Å². The van der Waals surface area contributed by atoms with Crippen LogP contribution in [0.15, 0.2) is 0 Å². The summed E-state index contributed by atoms with van der Waals surface area (Å²) in [5.41, 5.74) is -1.62. The summed E-state index contributed by atoms with van der Waals surface area (Å²) in [5, 5.41) is 0. The fourth-order valence-electron chi connectivity index (χ4n) is 0.543. The second-order valence-corrected chi connectivity index (χ2v) is 2.98. The van der Waals surface area contributed by atoms with Gasteiger partial charge in [0.2, 0.25) is 5.78 Å². The van der Waals surface area contributed by atoms with Crippen molar-refractivity contribution in [3.8, 4) is 0 Å².